The fourth-order valence-corrected chi connectivity index (χ4v) is 2.31. The van der Waals surface area contributed by atoms with Crippen LogP contribution in [0.4, 0.5) is 9.93 Å². The van der Waals surface area contributed by atoms with E-state index in [1.807, 2.05) is 46.9 Å². The molecule has 0 aliphatic carbocycles. The lowest BCUT2D eigenvalue weighted by Gasteiger charge is -2.30. The summed E-state index contributed by atoms with van der Waals surface area (Å²) in [5, 5.41) is 8.00. The Labute approximate surface area is 129 Å². The van der Waals surface area contributed by atoms with Gasteiger partial charge in [0, 0.05) is 17.0 Å². The number of rotatable bonds is 4. The third kappa shape index (κ3) is 6.12. The number of carbonyl (C=O) groups excluding carboxylic acids is 2. The number of aromatic nitrogens is 1. The lowest BCUT2D eigenvalue weighted by atomic mass is 10.1. The van der Waals surface area contributed by atoms with Gasteiger partial charge in [0.1, 0.15) is 6.54 Å². The molecule has 0 spiro atoms. The van der Waals surface area contributed by atoms with Gasteiger partial charge in [-0.25, -0.2) is 9.78 Å². The van der Waals surface area contributed by atoms with Gasteiger partial charge in [-0.15, -0.1) is 11.3 Å². The van der Waals surface area contributed by atoms with Gasteiger partial charge in [-0.05, 0) is 41.5 Å². The largest absolute Gasteiger partial charge is 0.333 e. The van der Waals surface area contributed by atoms with Crippen LogP contribution in [0.5, 0.6) is 0 Å². The highest BCUT2D eigenvalue weighted by Crippen LogP contribution is 2.14. The molecule has 0 bridgehead atoms. The van der Waals surface area contributed by atoms with E-state index in [0.717, 1.165) is 5.69 Å². The molecule has 0 aromatic carbocycles. The molecule has 0 aliphatic heterocycles. The van der Waals surface area contributed by atoms with E-state index in [4.69, 9.17) is 0 Å². The Hall–Kier alpha value is -1.63. The molecule has 21 heavy (non-hydrogen) atoms. The maximum atomic E-state index is 12.2. The molecule has 0 aliphatic rings. The predicted octanol–water partition coefficient (Wildman–Crippen LogP) is 2.61. The Bertz CT molecular complexity index is 505. The first-order valence-electron chi connectivity index (χ1n) is 6.89. The van der Waals surface area contributed by atoms with Crippen molar-refractivity contribution in [1.82, 2.24) is 15.2 Å². The first-order valence-corrected chi connectivity index (χ1v) is 7.77. The van der Waals surface area contributed by atoms with Crippen LogP contribution < -0.4 is 10.6 Å². The molecule has 6 nitrogen and oxygen atoms in total. The number of aryl methyl sites for hydroxylation is 1. The standard InChI is InChI=1S/C14H24N4O2S/c1-9(2)18(13(20)17-14(4,5)6)7-11(19)16-12-15-10(3)8-21-12/h8-9H,7H2,1-6H3,(H,17,20)(H,15,16,19). The summed E-state index contributed by atoms with van der Waals surface area (Å²) in [5.74, 6) is -0.248. The first kappa shape index (κ1) is 17.4. The molecule has 0 atom stereocenters. The molecule has 118 valence electrons. The van der Waals surface area contributed by atoms with E-state index in [9.17, 15) is 9.59 Å². The molecule has 1 rings (SSSR count). The topological polar surface area (TPSA) is 74.3 Å². The van der Waals surface area contributed by atoms with Crippen LogP contribution in [-0.2, 0) is 4.79 Å². The van der Waals surface area contributed by atoms with Crippen LogP contribution in [0.25, 0.3) is 0 Å². The van der Waals surface area contributed by atoms with Gasteiger partial charge >= 0.3 is 6.03 Å². The van der Waals surface area contributed by atoms with Crippen molar-refractivity contribution >= 4 is 28.4 Å². The number of thiazole rings is 1. The van der Waals surface area contributed by atoms with Crippen LogP contribution in [-0.4, -0.2) is 39.9 Å². The molecular weight excluding hydrogens is 288 g/mol. The molecule has 0 saturated heterocycles. The first-order chi connectivity index (χ1) is 9.58. The number of hydrogen-bond donors (Lipinski definition) is 2. The van der Waals surface area contributed by atoms with Crippen LogP contribution in [0, 0.1) is 6.92 Å². The van der Waals surface area contributed by atoms with Crippen LogP contribution >= 0.6 is 11.3 Å². The predicted molar refractivity (Wildman–Crippen MR) is 85.6 cm³/mol. The summed E-state index contributed by atoms with van der Waals surface area (Å²) in [7, 11) is 0. The van der Waals surface area contributed by atoms with Crippen molar-refractivity contribution in [2.24, 2.45) is 0 Å². The van der Waals surface area contributed by atoms with Gasteiger partial charge in [-0.1, -0.05) is 0 Å². The van der Waals surface area contributed by atoms with E-state index in [2.05, 4.69) is 15.6 Å². The smallest absolute Gasteiger partial charge is 0.318 e. The Morgan fingerprint density at radius 3 is 2.43 bits per heavy atom. The summed E-state index contributed by atoms with van der Waals surface area (Å²) in [4.78, 5) is 29.9. The number of anilines is 1. The normalized spacial score (nSPS) is 11.4. The molecule has 3 amide bonds. The second-order valence-corrected chi connectivity index (χ2v) is 7.10. The summed E-state index contributed by atoms with van der Waals surface area (Å²) >= 11 is 1.37. The number of nitrogens with one attached hydrogen (secondary N) is 2. The molecule has 7 heteroatoms. The fourth-order valence-electron chi connectivity index (χ4n) is 1.61. The van der Waals surface area contributed by atoms with E-state index in [-0.39, 0.29) is 30.1 Å². The highest BCUT2D eigenvalue weighted by atomic mass is 32.1. The van der Waals surface area contributed by atoms with Crippen LogP contribution in [0.3, 0.4) is 0 Å². The monoisotopic (exact) mass is 312 g/mol. The summed E-state index contributed by atoms with van der Waals surface area (Å²) in [5.41, 5.74) is 0.522. The van der Waals surface area contributed by atoms with Gasteiger partial charge in [0.05, 0.1) is 5.69 Å². The molecule has 1 aromatic rings. The van der Waals surface area contributed by atoms with Crippen molar-refractivity contribution in [1.29, 1.82) is 0 Å². The summed E-state index contributed by atoms with van der Waals surface area (Å²) in [6.45, 7) is 11.3. The average molecular weight is 312 g/mol. The van der Waals surface area contributed by atoms with Crippen molar-refractivity contribution in [2.45, 2.75) is 53.1 Å². The number of hydrogen-bond acceptors (Lipinski definition) is 4. The van der Waals surface area contributed by atoms with Gasteiger partial charge in [0.2, 0.25) is 5.91 Å². The van der Waals surface area contributed by atoms with E-state index >= 15 is 0 Å². The molecule has 0 unspecified atom stereocenters. The van der Waals surface area contributed by atoms with Crippen molar-refractivity contribution in [3.05, 3.63) is 11.1 Å². The van der Waals surface area contributed by atoms with Crippen molar-refractivity contribution < 1.29 is 9.59 Å². The Morgan fingerprint density at radius 1 is 1.38 bits per heavy atom. The lowest BCUT2D eigenvalue weighted by molar-refractivity contribution is -0.117. The van der Waals surface area contributed by atoms with Crippen LogP contribution in [0.1, 0.15) is 40.3 Å². The summed E-state index contributed by atoms with van der Waals surface area (Å²) in [6, 6.07) is -0.320. The Kier molecular flexibility index (Phi) is 5.71. The van der Waals surface area contributed by atoms with Gasteiger partial charge < -0.3 is 15.5 Å². The minimum absolute atomic E-state index is 0.00178. The average Bonchev–Trinajstić information content (AvgIpc) is 2.68. The zero-order chi connectivity index (χ0) is 16.2. The van der Waals surface area contributed by atoms with Crippen molar-refractivity contribution in [3.63, 3.8) is 0 Å². The molecular formula is C14H24N4O2S. The molecule has 2 N–H and O–H groups in total. The van der Waals surface area contributed by atoms with Crippen LogP contribution in [0.2, 0.25) is 0 Å². The van der Waals surface area contributed by atoms with E-state index in [1.54, 1.807) is 0 Å². The molecule has 0 saturated carbocycles. The van der Waals surface area contributed by atoms with Gasteiger partial charge in [-0.2, -0.15) is 0 Å². The number of urea groups is 1. The second-order valence-electron chi connectivity index (χ2n) is 6.24. The zero-order valence-corrected chi connectivity index (χ0v) is 14.3. The number of amides is 3. The second kappa shape index (κ2) is 6.89. The van der Waals surface area contributed by atoms with Gasteiger partial charge in [0.25, 0.3) is 0 Å². The van der Waals surface area contributed by atoms with E-state index in [1.165, 1.54) is 16.2 Å². The summed E-state index contributed by atoms with van der Waals surface area (Å²) < 4.78 is 0. The highest BCUT2D eigenvalue weighted by Gasteiger charge is 2.24. The quantitative estimate of drug-likeness (QED) is 0.897. The number of carbonyl (C=O) groups is 2. The Morgan fingerprint density at radius 2 is 2.00 bits per heavy atom. The highest BCUT2D eigenvalue weighted by molar-refractivity contribution is 7.13. The van der Waals surface area contributed by atoms with E-state index < -0.39 is 0 Å². The Balaban J connectivity index is 2.65. The fraction of sp³-hybridized carbons (Fsp3) is 0.643. The van der Waals surface area contributed by atoms with Crippen molar-refractivity contribution in [2.75, 3.05) is 11.9 Å². The SMILES string of the molecule is Cc1csc(NC(=O)CN(C(=O)NC(C)(C)C)C(C)C)n1. The van der Waals surface area contributed by atoms with Crippen LogP contribution in [0.15, 0.2) is 5.38 Å². The zero-order valence-electron chi connectivity index (χ0n) is 13.5. The maximum Gasteiger partial charge on any atom is 0.318 e. The van der Waals surface area contributed by atoms with Crippen molar-refractivity contribution in [3.8, 4) is 0 Å². The van der Waals surface area contributed by atoms with Gasteiger partial charge in [0.15, 0.2) is 5.13 Å². The molecule has 0 fully saturated rings. The number of nitrogens with zero attached hydrogens (tertiary/aromatic N) is 2. The van der Waals surface area contributed by atoms with Gasteiger partial charge in [-0.3, -0.25) is 4.79 Å². The lowest BCUT2D eigenvalue weighted by Crippen LogP contribution is -2.52. The molecule has 0 radical (unpaired) electrons. The maximum absolute atomic E-state index is 12.2. The minimum Gasteiger partial charge on any atom is -0.333 e. The van der Waals surface area contributed by atoms with E-state index in [0.29, 0.717) is 5.13 Å². The summed E-state index contributed by atoms with van der Waals surface area (Å²) in [6.07, 6.45) is 0. The third-order valence-electron chi connectivity index (χ3n) is 2.55. The molecule has 1 aromatic heterocycles. The third-order valence-corrected chi connectivity index (χ3v) is 3.42. The molecule has 1 heterocycles. The minimum atomic E-state index is -0.340.